The van der Waals surface area contributed by atoms with E-state index in [0.717, 1.165) is 4.90 Å². The van der Waals surface area contributed by atoms with Gasteiger partial charge in [0.1, 0.15) is 24.2 Å². The second kappa shape index (κ2) is 12.9. The largest absolute Gasteiger partial charge is 0.394 e. The molecule has 2 aliphatic heterocycles. The fraction of sp³-hybridized carbons (Fsp3) is 0.480. The Morgan fingerprint density at radius 3 is 2.21 bits per heavy atom. The van der Waals surface area contributed by atoms with Crippen LogP contribution in [0.5, 0.6) is 0 Å². The van der Waals surface area contributed by atoms with Crippen LogP contribution in [0.3, 0.4) is 0 Å². The first-order valence-electron chi connectivity index (χ1n) is 12.3. The number of fused-ring (bicyclic) bond motifs is 1. The number of nitrogens with one attached hydrogen (secondary N) is 4. The summed E-state index contributed by atoms with van der Waals surface area (Å²) in [6.45, 7) is 2.10. The monoisotopic (exact) mass is 549 g/mol. The third-order valence-corrected chi connectivity index (χ3v) is 6.62. The number of rotatable bonds is 4. The third kappa shape index (κ3) is 6.88. The van der Waals surface area contributed by atoms with Gasteiger partial charge in [-0.1, -0.05) is 48.9 Å². The number of nitrogens with zero attached hydrogens (tertiary/aromatic N) is 1. The van der Waals surface area contributed by atoms with Crippen LogP contribution < -0.4 is 21.3 Å². The molecule has 5 amide bonds. The standard InChI is InChI=1S/C25H32ClN5O7/c1-3-16-22(35)29-18(12-32)23(36)28-17(14-7-5-4-6-8-14)10-20(34)30-21(13(2)33)25(38)31-11-15(26)9-19(31)24(37)27-16/h4-9,13,16-19,21,32-33H,3,10-12H2,1-2H3,(H,27,37)(H,28,36)(H,29,35)(H,30,34)/t13-,16-,17+,18-,19-,21-/m0/s1. The van der Waals surface area contributed by atoms with Gasteiger partial charge in [0.2, 0.25) is 29.5 Å². The van der Waals surface area contributed by atoms with Crippen molar-refractivity contribution in [3.63, 3.8) is 0 Å². The van der Waals surface area contributed by atoms with E-state index >= 15 is 0 Å². The Morgan fingerprint density at radius 2 is 1.61 bits per heavy atom. The fourth-order valence-electron chi connectivity index (χ4n) is 4.28. The molecule has 0 aliphatic carbocycles. The van der Waals surface area contributed by atoms with Crippen molar-refractivity contribution in [2.75, 3.05) is 13.2 Å². The average Bonchev–Trinajstić information content (AvgIpc) is 3.29. The van der Waals surface area contributed by atoms with Gasteiger partial charge < -0.3 is 36.4 Å². The van der Waals surface area contributed by atoms with E-state index in [4.69, 9.17) is 11.6 Å². The Bertz CT molecular complexity index is 1100. The SMILES string of the molecule is CC[C@@H]1NC(=O)[C@@H]2C=C(Cl)CN2C(=O)[C@H]([C@H](C)O)NC(=O)C[C@H](c2ccccc2)NC(=O)[C@H](CO)NC1=O. The average molecular weight is 550 g/mol. The summed E-state index contributed by atoms with van der Waals surface area (Å²) in [5.74, 6) is -3.60. The number of hydrogen-bond donors (Lipinski definition) is 6. The minimum Gasteiger partial charge on any atom is -0.394 e. The van der Waals surface area contributed by atoms with E-state index in [-0.39, 0.29) is 24.4 Å². The van der Waals surface area contributed by atoms with Gasteiger partial charge in [0.15, 0.2) is 0 Å². The van der Waals surface area contributed by atoms with Crippen molar-refractivity contribution >= 4 is 41.1 Å². The molecule has 0 saturated carbocycles. The first-order valence-corrected chi connectivity index (χ1v) is 12.6. The van der Waals surface area contributed by atoms with Crippen molar-refractivity contribution in [3.05, 3.63) is 47.0 Å². The number of aliphatic hydroxyl groups is 2. The van der Waals surface area contributed by atoms with Crippen molar-refractivity contribution in [2.24, 2.45) is 0 Å². The molecule has 13 heteroatoms. The van der Waals surface area contributed by atoms with Crippen molar-refractivity contribution in [1.82, 2.24) is 26.2 Å². The zero-order chi connectivity index (χ0) is 28.0. The molecule has 38 heavy (non-hydrogen) atoms. The van der Waals surface area contributed by atoms with E-state index in [9.17, 15) is 34.2 Å². The molecule has 1 aromatic rings. The summed E-state index contributed by atoms with van der Waals surface area (Å²) in [7, 11) is 0. The molecule has 206 valence electrons. The Labute approximate surface area is 224 Å². The zero-order valence-electron chi connectivity index (χ0n) is 21.0. The summed E-state index contributed by atoms with van der Waals surface area (Å²) in [5, 5.41) is 30.5. The normalized spacial score (nSPS) is 28.4. The number of aliphatic hydroxyl groups excluding tert-OH is 2. The molecule has 1 aromatic carbocycles. The predicted octanol–water partition coefficient (Wildman–Crippen LogP) is -1.18. The van der Waals surface area contributed by atoms with Gasteiger partial charge in [-0.3, -0.25) is 24.0 Å². The predicted molar refractivity (Wildman–Crippen MR) is 136 cm³/mol. The lowest BCUT2D eigenvalue weighted by Gasteiger charge is -2.31. The minimum atomic E-state index is -1.41. The number of hydrogen-bond acceptors (Lipinski definition) is 7. The number of amides is 5. The van der Waals surface area contributed by atoms with E-state index in [2.05, 4.69) is 21.3 Å². The highest BCUT2D eigenvalue weighted by Gasteiger charge is 2.40. The molecule has 0 spiro atoms. The Balaban J connectivity index is 2.01. The quantitative estimate of drug-likeness (QED) is 0.274. The maximum Gasteiger partial charge on any atom is 0.249 e. The number of halogens is 1. The first-order chi connectivity index (χ1) is 18.0. The van der Waals surface area contributed by atoms with Gasteiger partial charge in [0.05, 0.1) is 31.7 Å². The molecule has 0 aromatic heterocycles. The highest BCUT2D eigenvalue weighted by Crippen LogP contribution is 2.22. The van der Waals surface area contributed by atoms with Crippen LogP contribution >= 0.6 is 11.6 Å². The van der Waals surface area contributed by atoms with Gasteiger partial charge in [0.25, 0.3) is 0 Å². The summed E-state index contributed by atoms with van der Waals surface area (Å²) in [6.07, 6.45) is -0.155. The van der Waals surface area contributed by atoms with Gasteiger partial charge in [-0.2, -0.15) is 0 Å². The van der Waals surface area contributed by atoms with Crippen LogP contribution in [0.25, 0.3) is 0 Å². The summed E-state index contributed by atoms with van der Waals surface area (Å²) in [6, 6.07) is 2.61. The van der Waals surface area contributed by atoms with Crippen molar-refractivity contribution in [1.29, 1.82) is 0 Å². The molecule has 3 rings (SSSR count). The second-order valence-corrected chi connectivity index (χ2v) is 9.68. The van der Waals surface area contributed by atoms with E-state index in [1.165, 1.54) is 13.0 Å². The van der Waals surface area contributed by atoms with Crippen LogP contribution in [0, 0.1) is 0 Å². The lowest BCUT2D eigenvalue weighted by molar-refractivity contribution is -0.144. The molecule has 12 nitrogen and oxygen atoms in total. The summed E-state index contributed by atoms with van der Waals surface area (Å²) >= 11 is 6.15. The topological polar surface area (TPSA) is 177 Å². The minimum absolute atomic E-state index is 0.129. The van der Waals surface area contributed by atoms with Gasteiger partial charge in [-0.15, -0.1) is 0 Å². The van der Waals surface area contributed by atoms with Crippen LogP contribution in [0.2, 0.25) is 0 Å². The van der Waals surface area contributed by atoms with E-state index in [1.54, 1.807) is 37.3 Å². The lowest BCUT2D eigenvalue weighted by atomic mass is 10.0. The molecule has 6 atom stereocenters. The molecule has 1 saturated heterocycles. The van der Waals surface area contributed by atoms with Crippen LogP contribution in [-0.2, 0) is 24.0 Å². The van der Waals surface area contributed by atoms with E-state index < -0.39 is 72.5 Å². The molecule has 2 aliphatic rings. The van der Waals surface area contributed by atoms with Crippen molar-refractivity contribution in [2.45, 2.75) is 63.0 Å². The molecule has 0 radical (unpaired) electrons. The van der Waals surface area contributed by atoms with E-state index in [1.807, 2.05) is 0 Å². The van der Waals surface area contributed by atoms with Gasteiger partial charge in [-0.25, -0.2) is 0 Å². The molecular weight excluding hydrogens is 518 g/mol. The number of carbonyl (C=O) groups excluding carboxylic acids is 5. The smallest absolute Gasteiger partial charge is 0.249 e. The zero-order valence-corrected chi connectivity index (χ0v) is 21.8. The van der Waals surface area contributed by atoms with Gasteiger partial charge in [0, 0.05) is 5.03 Å². The maximum absolute atomic E-state index is 13.4. The molecular formula is C25H32ClN5O7. The van der Waals surface area contributed by atoms with Crippen molar-refractivity contribution < 1.29 is 34.2 Å². The highest BCUT2D eigenvalue weighted by molar-refractivity contribution is 6.30. The molecule has 0 bridgehead atoms. The van der Waals surface area contributed by atoms with Crippen LogP contribution in [0.1, 0.15) is 38.3 Å². The van der Waals surface area contributed by atoms with Crippen LogP contribution in [0.4, 0.5) is 0 Å². The van der Waals surface area contributed by atoms with Crippen LogP contribution in [-0.4, -0.2) is 88.1 Å². The molecule has 6 N–H and O–H groups in total. The first kappa shape index (κ1) is 29.1. The number of carbonyl (C=O) groups is 5. The molecule has 1 fully saturated rings. The lowest BCUT2D eigenvalue weighted by Crippen LogP contribution is -2.60. The summed E-state index contributed by atoms with van der Waals surface area (Å²) in [5.41, 5.74) is 0.564. The van der Waals surface area contributed by atoms with Crippen LogP contribution in [0.15, 0.2) is 41.4 Å². The van der Waals surface area contributed by atoms with E-state index in [0.29, 0.717) is 5.56 Å². The Morgan fingerprint density at radius 1 is 0.974 bits per heavy atom. The summed E-state index contributed by atoms with van der Waals surface area (Å²) < 4.78 is 0. The third-order valence-electron chi connectivity index (χ3n) is 6.38. The maximum atomic E-state index is 13.4. The van der Waals surface area contributed by atoms with Gasteiger partial charge >= 0.3 is 0 Å². The second-order valence-electron chi connectivity index (χ2n) is 9.20. The molecule has 2 heterocycles. The highest BCUT2D eigenvalue weighted by atomic mass is 35.5. The Hall–Kier alpha value is -3.48. The fourth-order valence-corrected chi connectivity index (χ4v) is 4.53. The van der Waals surface area contributed by atoms with Gasteiger partial charge in [-0.05, 0) is 25.0 Å². The number of benzene rings is 1. The Kier molecular flexibility index (Phi) is 9.84. The van der Waals surface area contributed by atoms with Crippen molar-refractivity contribution in [3.8, 4) is 0 Å². The summed E-state index contributed by atoms with van der Waals surface area (Å²) in [4.78, 5) is 66.6. The molecule has 0 unspecified atom stereocenters.